The summed E-state index contributed by atoms with van der Waals surface area (Å²) in [7, 11) is 0. The number of carbonyl (C=O) groups is 1. The SMILES string of the molecule is CCc1ccccc1CC(=O)N1CCC[C@@H]1[C@H]1COCC[C@@H]1O. The lowest BCUT2D eigenvalue weighted by molar-refractivity contribution is -0.135. The molecule has 3 atom stereocenters. The largest absolute Gasteiger partial charge is 0.393 e. The maximum Gasteiger partial charge on any atom is 0.227 e. The molecule has 0 spiro atoms. The number of benzene rings is 1. The molecule has 0 aromatic heterocycles. The Kier molecular flexibility index (Phi) is 5.34. The minimum Gasteiger partial charge on any atom is -0.393 e. The van der Waals surface area contributed by atoms with Crippen LogP contribution in [0.25, 0.3) is 0 Å². The summed E-state index contributed by atoms with van der Waals surface area (Å²) in [6.07, 6.45) is 3.75. The van der Waals surface area contributed by atoms with Crippen LogP contribution in [-0.4, -0.2) is 47.8 Å². The van der Waals surface area contributed by atoms with Crippen LogP contribution in [-0.2, 0) is 22.4 Å². The van der Waals surface area contributed by atoms with E-state index >= 15 is 0 Å². The first-order chi connectivity index (χ1) is 11.2. The third kappa shape index (κ3) is 3.59. The number of rotatable bonds is 4. The van der Waals surface area contributed by atoms with Gasteiger partial charge in [0.1, 0.15) is 0 Å². The van der Waals surface area contributed by atoms with Crippen LogP contribution >= 0.6 is 0 Å². The first kappa shape index (κ1) is 16.5. The Morgan fingerprint density at radius 3 is 2.83 bits per heavy atom. The minimum atomic E-state index is -0.343. The molecular weight excluding hydrogens is 290 g/mol. The first-order valence-corrected chi connectivity index (χ1v) is 8.82. The molecule has 4 nitrogen and oxygen atoms in total. The van der Waals surface area contributed by atoms with Crippen LogP contribution in [0, 0.1) is 5.92 Å². The van der Waals surface area contributed by atoms with Crippen LogP contribution in [0.4, 0.5) is 0 Å². The molecule has 2 aliphatic heterocycles. The van der Waals surface area contributed by atoms with E-state index in [-0.39, 0.29) is 24.0 Å². The standard InChI is InChI=1S/C19H27NO3/c1-2-14-6-3-4-7-15(14)12-19(22)20-10-5-8-17(20)16-13-23-11-9-18(16)21/h3-4,6-7,16-18,21H,2,5,8-13H2,1H3/t16-,17-,18+/m1/s1. The summed E-state index contributed by atoms with van der Waals surface area (Å²) in [5.74, 6) is 0.253. The average Bonchev–Trinajstić information content (AvgIpc) is 3.05. The second kappa shape index (κ2) is 7.45. The molecule has 1 aromatic carbocycles. The Morgan fingerprint density at radius 1 is 1.30 bits per heavy atom. The summed E-state index contributed by atoms with van der Waals surface area (Å²) in [5, 5.41) is 10.3. The quantitative estimate of drug-likeness (QED) is 0.926. The molecule has 23 heavy (non-hydrogen) atoms. The van der Waals surface area contributed by atoms with Gasteiger partial charge in [0.2, 0.25) is 5.91 Å². The molecule has 0 radical (unpaired) electrons. The second-order valence-electron chi connectivity index (χ2n) is 6.69. The maximum atomic E-state index is 12.8. The number of nitrogens with zero attached hydrogens (tertiary/aromatic N) is 1. The van der Waals surface area contributed by atoms with Gasteiger partial charge in [-0.1, -0.05) is 31.2 Å². The van der Waals surface area contributed by atoms with Crippen LogP contribution in [0.3, 0.4) is 0 Å². The highest BCUT2D eigenvalue weighted by molar-refractivity contribution is 5.79. The Balaban J connectivity index is 1.70. The lowest BCUT2D eigenvalue weighted by atomic mass is 9.89. The third-order valence-electron chi connectivity index (χ3n) is 5.32. The molecule has 1 N–H and O–H groups in total. The first-order valence-electron chi connectivity index (χ1n) is 8.82. The van der Waals surface area contributed by atoms with Crippen LogP contribution < -0.4 is 0 Å². The molecule has 1 aromatic rings. The summed E-state index contributed by atoms with van der Waals surface area (Å²) in [6, 6.07) is 8.32. The zero-order valence-electron chi connectivity index (χ0n) is 13.9. The van der Waals surface area contributed by atoms with Crippen LogP contribution in [0.1, 0.15) is 37.3 Å². The predicted octanol–water partition coefficient (Wildman–Crippen LogP) is 2.18. The van der Waals surface area contributed by atoms with Gasteiger partial charge in [0.15, 0.2) is 0 Å². The molecule has 0 bridgehead atoms. The van der Waals surface area contributed by atoms with Gasteiger partial charge < -0.3 is 14.7 Å². The Morgan fingerprint density at radius 2 is 2.09 bits per heavy atom. The number of amides is 1. The Bertz CT molecular complexity index is 545. The number of hydrogen-bond donors (Lipinski definition) is 1. The van der Waals surface area contributed by atoms with E-state index in [0.717, 1.165) is 31.4 Å². The summed E-state index contributed by atoms with van der Waals surface area (Å²) < 4.78 is 5.55. The summed E-state index contributed by atoms with van der Waals surface area (Å²) in [4.78, 5) is 14.8. The van der Waals surface area contributed by atoms with E-state index in [9.17, 15) is 9.90 Å². The maximum absolute atomic E-state index is 12.8. The van der Waals surface area contributed by atoms with Crippen LogP contribution in [0.5, 0.6) is 0 Å². The van der Waals surface area contributed by atoms with Crippen molar-refractivity contribution in [3.8, 4) is 0 Å². The molecule has 2 saturated heterocycles. The van der Waals surface area contributed by atoms with Crippen molar-refractivity contribution in [3.63, 3.8) is 0 Å². The fourth-order valence-corrected chi connectivity index (χ4v) is 4.00. The smallest absolute Gasteiger partial charge is 0.227 e. The molecule has 1 amide bonds. The molecule has 0 saturated carbocycles. The molecule has 2 aliphatic rings. The zero-order chi connectivity index (χ0) is 16.2. The van der Waals surface area contributed by atoms with Crippen molar-refractivity contribution < 1.29 is 14.6 Å². The van der Waals surface area contributed by atoms with E-state index in [4.69, 9.17) is 4.74 Å². The predicted molar refractivity (Wildman–Crippen MR) is 89.2 cm³/mol. The highest BCUT2D eigenvalue weighted by Crippen LogP contribution is 2.30. The summed E-state index contributed by atoms with van der Waals surface area (Å²) in [6.45, 7) is 4.13. The molecule has 4 heteroatoms. The van der Waals surface area contributed by atoms with Crippen LogP contribution in [0.2, 0.25) is 0 Å². The van der Waals surface area contributed by atoms with Crippen molar-refractivity contribution >= 4 is 5.91 Å². The van der Waals surface area contributed by atoms with Crippen molar-refractivity contribution in [1.82, 2.24) is 4.90 Å². The van der Waals surface area contributed by atoms with Gasteiger partial charge in [0, 0.05) is 25.1 Å². The van der Waals surface area contributed by atoms with Crippen molar-refractivity contribution in [2.24, 2.45) is 5.92 Å². The minimum absolute atomic E-state index is 0.0663. The van der Waals surface area contributed by atoms with E-state index in [1.54, 1.807) is 0 Å². The third-order valence-corrected chi connectivity index (χ3v) is 5.32. The molecule has 3 rings (SSSR count). The normalized spacial score (nSPS) is 28.1. The number of likely N-dealkylation sites (tertiary alicyclic amines) is 1. The second-order valence-corrected chi connectivity index (χ2v) is 6.69. The fourth-order valence-electron chi connectivity index (χ4n) is 4.00. The topological polar surface area (TPSA) is 49.8 Å². The number of aliphatic hydroxyl groups is 1. The number of aliphatic hydroxyl groups excluding tert-OH is 1. The average molecular weight is 317 g/mol. The van der Waals surface area contributed by atoms with E-state index in [0.29, 0.717) is 26.1 Å². The van der Waals surface area contributed by atoms with E-state index < -0.39 is 0 Å². The van der Waals surface area contributed by atoms with E-state index in [1.165, 1.54) is 5.56 Å². The van der Waals surface area contributed by atoms with Gasteiger partial charge in [-0.25, -0.2) is 0 Å². The van der Waals surface area contributed by atoms with Gasteiger partial charge in [-0.15, -0.1) is 0 Å². The molecular formula is C19H27NO3. The highest BCUT2D eigenvalue weighted by atomic mass is 16.5. The lowest BCUT2D eigenvalue weighted by Gasteiger charge is -2.37. The van der Waals surface area contributed by atoms with Crippen molar-refractivity contribution in [2.75, 3.05) is 19.8 Å². The van der Waals surface area contributed by atoms with Gasteiger partial charge in [-0.05, 0) is 36.8 Å². The lowest BCUT2D eigenvalue weighted by Crippen LogP contribution is -2.48. The van der Waals surface area contributed by atoms with Crippen LogP contribution in [0.15, 0.2) is 24.3 Å². The number of hydrogen-bond acceptors (Lipinski definition) is 3. The van der Waals surface area contributed by atoms with Crippen molar-refractivity contribution in [1.29, 1.82) is 0 Å². The highest BCUT2D eigenvalue weighted by Gasteiger charge is 2.39. The Hall–Kier alpha value is -1.39. The monoisotopic (exact) mass is 317 g/mol. The molecule has 0 aliphatic carbocycles. The Labute approximate surface area is 138 Å². The zero-order valence-corrected chi connectivity index (χ0v) is 13.9. The van der Waals surface area contributed by atoms with Crippen molar-refractivity contribution in [2.45, 2.75) is 51.2 Å². The molecule has 2 heterocycles. The molecule has 0 unspecified atom stereocenters. The fraction of sp³-hybridized carbons (Fsp3) is 0.632. The molecule has 126 valence electrons. The summed E-state index contributed by atoms with van der Waals surface area (Å²) in [5.41, 5.74) is 2.38. The number of aryl methyl sites for hydroxylation is 1. The van der Waals surface area contributed by atoms with Crippen molar-refractivity contribution in [3.05, 3.63) is 35.4 Å². The van der Waals surface area contributed by atoms with Gasteiger partial charge in [-0.2, -0.15) is 0 Å². The number of carbonyl (C=O) groups excluding carboxylic acids is 1. The molecule has 2 fully saturated rings. The van der Waals surface area contributed by atoms with Gasteiger partial charge >= 0.3 is 0 Å². The van der Waals surface area contributed by atoms with Gasteiger partial charge in [0.05, 0.1) is 19.1 Å². The number of ether oxygens (including phenoxy) is 1. The summed E-state index contributed by atoms with van der Waals surface area (Å²) >= 11 is 0. The van der Waals surface area contributed by atoms with Gasteiger partial charge in [-0.3, -0.25) is 4.79 Å². The van der Waals surface area contributed by atoms with E-state index in [1.807, 2.05) is 17.0 Å². The van der Waals surface area contributed by atoms with Gasteiger partial charge in [0.25, 0.3) is 0 Å². The van der Waals surface area contributed by atoms with E-state index in [2.05, 4.69) is 19.1 Å².